The lowest BCUT2D eigenvalue weighted by atomic mass is 10.0. The maximum atomic E-state index is 13.6. The molecule has 14 heteroatoms. The van der Waals surface area contributed by atoms with E-state index in [4.69, 9.17) is 28.0 Å². The normalized spacial score (nSPS) is 19.6. The molecule has 2 aliphatic heterocycles. The number of benzene rings is 2. The third kappa shape index (κ3) is 7.56. The predicted molar refractivity (Wildman–Crippen MR) is 152 cm³/mol. The lowest BCUT2D eigenvalue weighted by Gasteiger charge is -2.43. The van der Waals surface area contributed by atoms with Gasteiger partial charge in [-0.3, -0.25) is 29.0 Å². The van der Waals surface area contributed by atoms with Gasteiger partial charge in [0.15, 0.2) is 0 Å². The lowest BCUT2D eigenvalue weighted by Crippen LogP contribution is -2.64. The van der Waals surface area contributed by atoms with E-state index in [1.54, 1.807) is 48.5 Å². The van der Waals surface area contributed by atoms with Crippen molar-refractivity contribution in [3.05, 3.63) is 69.7 Å². The molecule has 2 aromatic carbocycles. The molecule has 0 saturated carbocycles. The van der Waals surface area contributed by atoms with Gasteiger partial charge in [-0.1, -0.05) is 52.6 Å². The van der Waals surface area contributed by atoms with E-state index in [9.17, 15) is 29.1 Å². The van der Waals surface area contributed by atoms with Gasteiger partial charge in [0.1, 0.15) is 18.7 Å². The molecule has 2 saturated heterocycles. The first-order valence-electron chi connectivity index (χ1n) is 13.3. The number of hydrogen-bond acceptors (Lipinski definition) is 7. The molecule has 0 aromatic heterocycles. The molecule has 3 atom stereocenters. The molecule has 0 radical (unpaired) electrons. The number of carboxylic acids is 1. The Bertz CT molecular complexity index is 1350. The maximum absolute atomic E-state index is 13.6. The van der Waals surface area contributed by atoms with Crippen LogP contribution in [0.1, 0.15) is 48.0 Å². The molecule has 0 unspecified atom stereocenters. The van der Waals surface area contributed by atoms with Gasteiger partial charge in [-0.2, -0.15) is 0 Å². The summed E-state index contributed by atoms with van der Waals surface area (Å²) in [7, 11) is 0. The quantitative estimate of drug-likeness (QED) is 0.273. The Balaban J connectivity index is 1.47. The molecule has 42 heavy (non-hydrogen) atoms. The molecule has 2 heterocycles. The summed E-state index contributed by atoms with van der Waals surface area (Å²) in [5, 5.41) is 21.5. The van der Waals surface area contributed by atoms with E-state index < -0.39 is 48.2 Å². The Morgan fingerprint density at radius 1 is 1.07 bits per heavy atom. The van der Waals surface area contributed by atoms with E-state index in [-0.39, 0.29) is 38.3 Å². The Hall–Kier alpha value is -4.16. The number of hydrazine groups is 1. The zero-order valence-electron chi connectivity index (χ0n) is 22.4. The molecular weight excluding hydrogens is 589 g/mol. The van der Waals surface area contributed by atoms with E-state index in [0.717, 1.165) is 11.2 Å². The molecule has 4 rings (SSSR count). The zero-order chi connectivity index (χ0) is 30.2. The molecule has 222 valence electrons. The number of halogens is 2. The highest BCUT2D eigenvalue weighted by atomic mass is 35.5. The van der Waals surface area contributed by atoms with E-state index >= 15 is 0 Å². The first kappa shape index (κ1) is 30.8. The highest BCUT2D eigenvalue weighted by molar-refractivity contribution is 6.35. The minimum absolute atomic E-state index is 0.00258. The summed E-state index contributed by atoms with van der Waals surface area (Å²) in [6.07, 6.45) is 1.32. The van der Waals surface area contributed by atoms with Crippen LogP contribution in [0.2, 0.25) is 10.0 Å². The van der Waals surface area contributed by atoms with Gasteiger partial charge in [0.25, 0.3) is 11.8 Å². The molecule has 2 aliphatic rings. The van der Waals surface area contributed by atoms with Crippen molar-refractivity contribution in [2.45, 2.75) is 56.8 Å². The number of hydrogen-bond donors (Lipinski definition) is 3. The highest BCUT2D eigenvalue weighted by Crippen LogP contribution is 2.26. The van der Waals surface area contributed by atoms with Crippen LogP contribution in [0, 0.1) is 0 Å². The van der Waals surface area contributed by atoms with Crippen molar-refractivity contribution < 1.29 is 33.9 Å². The molecule has 2 fully saturated rings. The molecule has 0 bridgehead atoms. The fraction of sp³-hybridized carbons (Fsp3) is 0.357. The van der Waals surface area contributed by atoms with Gasteiger partial charge in [-0.05, 0) is 43.5 Å². The standard InChI is InChI=1S/C28H29Cl2N5O7/c29-20-8-4-9-21(30)19(20)16-42-31-15-18(14-25(37)38)32-27(40)23-10-5-13-34-24(36)12-11-22(28(41)35(23)34)33-26(39)17-6-2-1-3-7-17/h1-4,6-9,15,18,22-23H,5,10-14,16H2,(H,32,40)(H,33,39)(H,37,38)/b31-15+/t18-,22-,23-/m0/s1. The molecule has 12 nitrogen and oxygen atoms in total. The predicted octanol–water partition coefficient (Wildman–Crippen LogP) is 2.78. The number of rotatable bonds is 10. The summed E-state index contributed by atoms with van der Waals surface area (Å²) >= 11 is 12.2. The number of fused-ring (bicyclic) bond motifs is 1. The number of nitrogens with one attached hydrogen (secondary N) is 2. The van der Waals surface area contributed by atoms with Crippen LogP contribution in [-0.2, 0) is 30.6 Å². The number of carboxylic acid groups (broad SMARTS) is 1. The highest BCUT2D eigenvalue weighted by Gasteiger charge is 2.44. The SMILES string of the molecule is O=C(O)C[C@@H](/C=N/OCc1c(Cl)cccc1Cl)NC(=O)[C@@H]1CCCN2C(=O)CC[C@H](NC(=O)c3ccccc3)C(=O)N12. The topological polar surface area (TPSA) is 158 Å². The second-order valence-corrected chi connectivity index (χ2v) is 10.5. The van der Waals surface area contributed by atoms with Gasteiger partial charge >= 0.3 is 5.97 Å². The van der Waals surface area contributed by atoms with Crippen LogP contribution in [0.5, 0.6) is 0 Å². The molecule has 2 aromatic rings. The van der Waals surface area contributed by atoms with Crippen LogP contribution in [0.4, 0.5) is 0 Å². The average Bonchev–Trinajstić information content (AvgIpc) is 3.08. The molecular formula is C28H29Cl2N5O7. The van der Waals surface area contributed by atoms with E-state index in [0.29, 0.717) is 27.6 Å². The second-order valence-electron chi connectivity index (χ2n) is 9.73. The minimum atomic E-state index is -1.21. The fourth-order valence-electron chi connectivity index (χ4n) is 4.73. The number of carbonyl (C=O) groups excluding carboxylic acids is 4. The third-order valence-electron chi connectivity index (χ3n) is 6.81. The summed E-state index contributed by atoms with van der Waals surface area (Å²) < 4.78 is 0. The zero-order valence-corrected chi connectivity index (χ0v) is 23.9. The second kappa shape index (κ2) is 14.1. The van der Waals surface area contributed by atoms with Gasteiger partial charge in [0.2, 0.25) is 11.8 Å². The first-order chi connectivity index (χ1) is 20.2. The van der Waals surface area contributed by atoms with Crippen LogP contribution in [0.25, 0.3) is 0 Å². The molecule has 3 N–H and O–H groups in total. The third-order valence-corrected chi connectivity index (χ3v) is 7.52. The number of nitrogens with zero attached hydrogens (tertiary/aromatic N) is 3. The Kier molecular flexibility index (Phi) is 10.4. The number of carbonyl (C=O) groups is 5. The fourth-order valence-corrected chi connectivity index (χ4v) is 5.24. The first-order valence-corrected chi connectivity index (χ1v) is 14.0. The maximum Gasteiger partial charge on any atom is 0.305 e. The van der Waals surface area contributed by atoms with Crippen LogP contribution in [-0.4, -0.2) is 75.6 Å². The Labute approximate surface area is 251 Å². The van der Waals surface area contributed by atoms with E-state index in [1.165, 1.54) is 5.01 Å². The summed E-state index contributed by atoms with van der Waals surface area (Å²) in [5.74, 6) is -3.33. The molecule has 0 aliphatic carbocycles. The smallest absolute Gasteiger partial charge is 0.305 e. The van der Waals surface area contributed by atoms with Gasteiger partial charge < -0.3 is 20.6 Å². The summed E-state index contributed by atoms with van der Waals surface area (Å²) in [6, 6.07) is 10.0. The van der Waals surface area contributed by atoms with Crippen LogP contribution < -0.4 is 10.6 Å². The minimum Gasteiger partial charge on any atom is -0.481 e. The van der Waals surface area contributed by atoms with Crippen molar-refractivity contribution >= 4 is 59.0 Å². The van der Waals surface area contributed by atoms with Crippen LogP contribution in [0.3, 0.4) is 0 Å². The van der Waals surface area contributed by atoms with Crippen molar-refractivity contribution in [1.82, 2.24) is 20.7 Å². The van der Waals surface area contributed by atoms with Gasteiger partial charge in [0.05, 0.1) is 18.7 Å². The van der Waals surface area contributed by atoms with Gasteiger partial charge in [0, 0.05) is 34.1 Å². The number of oxime groups is 1. The summed E-state index contributed by atoms with van der Waals surface area (Å²) in [5.41, 5.74) is 0.831. The van der Waals surface area contributed by atoms with E-state index in [1.807, 2.05) is 0 Å². The van der Waals surface area contributed by atoms with Crippen molar-refractivity contribution in [3.63, 3.8) is 0 Å². The average molecular weight is 618 g/mol. The van der Waals surface area contributed by atoms with Crippen molar-refractivity contribution in [3.8, 4) is 0 Å². The monoisotopic (exact) mass is 617 g/mol. The van der Waals surface area contributed by atoms with Crippen molar-refractivity contribution in [1.29, 1.82) is 0 Å². The van der Waals surface area contributed by atoms with Crippen molar-refractivity contribution in [2.24, 2.45) is 5.16 Å². The van der Waals surface area contributed by atoms with E-state index in [2.05, 4.69) is 15.8 Å². The molecule has 4 amide bonds. The van der Waals surface area contributed by atoms with Crippen LogP contribution >= 0.6 is 23.2 Å². The van der Waals surface area contributed by atoms with Crippen molar-refractivity contribution in [2.75, 3.05) is 6.54 Å². The Morgan fingerprint density at radius 3 is 2.48 bits per heavy atom. The lowest BCUT2D eigenvalue weighted by molar-refractivity contribution is -0.176. The largest absolute Gasteiger partial charge is 0.481 e. The Morgan fingerprint density at radius 2 is 1.79 bits per heavy atom. The molecule has 0 spiro atoms. The van der Waals surface area contributed by atoms with Crippen LogP contribution in [0.15, 0.2) is 53.7 Å². The summed E-state index contributed by atoms with van der Waals surface area (Å²) in [4.78, 5) is 69.5. The summed E-state index contributed by atoms with van der Waals surface area (Å²) in [6.45, 7) is 0.132. The van der Waals surface area contributed by atoms with Gasteiger partial charge in [-0.15, -0.1) is 0 Å². The van der Waals surface area contributed by atoms with Gasteiger partial charge in [-0.25, -0.2) is 5.01 Å². The number of aliphatic carboxylic acids is 1. The number of amides is 4.